The van der Waals surface area contributed by atoms with Crippen LogP contribution >= 0.6 is 0 Å². The molecule has 1 heterocycles. The minimum atomic E-state index is 0.877. The zero-order valence-corrected chi connectivity index (χ0v) is 25.1. The molecule has 0 atom stereocenters. The summed E-state index contributed by atoms with van der Waals surface area (Å²) in [6, 6.07) is 62.8. The van der Waals surface area contributed by atoms with Gasteiger partial charge >= 0.3 is 0 Å². The van der Waals surface area contributed by atoms with Gasteiger partial charge in [-0.05, 0) is 80.5 Å². The molecule has 0 aliphatic carbocycles. The molecule has 0 amide bonds. The smallest absolute Gasteiger partial charge is 0.136 e. The molecule has 2 nitrogen and oxygen atoms in total. The lowest BCUT2D eigenvalue weighted by Gasteiger charge is -2.27. The standard InChI is InChI=1S/C44H29NO/c1-4-14-37-31(11-1)20-21-33-28-36(26-27-39(33)37)45(42-18-9-13-30-10-2-5-16-40(30)42)35-24-22-32(23-25-35)38-15-6-7-17-41(38)44-29-34-12-3-8-19-43(34)46-44/h1-29H. The van der Waals surface area contributed by atoms with Crippen molar-refractivity contribution in [2.24, 2.45) is 0 Å². The minimum absolute atomic E-state index is 0.877. The summed E-state index contributed by atoms with van der Waals surface area (Å²) in [6.45, 7) is 0. The summed E-state index contributed by atoms with van der Waals surface area (Å²) >= 11 is 0. The van der Waals surface area contributed by atoms with E-state index in [4.69, 9.17) is 4.42 Å². The van der Waals surface area contributed by atoms with Crippen molar-refractivity contribution >= 4 is 60.3 Å². The van der Waals surface area contributed by atoms with E-state index in [0.29, 0.717) is 0 Å². The molecule has 216 valence electrons. The monoisotopic (exact) mass is 587 g/mol. The van der Waals surface area contributed by atoms with E-state index in [1.165, 1.54) is 32.3 Å². The van der Waals surface area contributed by atoms with Gasteiger partial charge in [-0.3, -0.25) is 0 Å². The molecule has 0 fully saturated rings. The van der Waals surface area contributed by atoms with Crippen LogP contribution in [0.4, 0.5) is 17.1 Å². The van der Waals surface area contributed by atoms with E-state index < -0.39 is 0 Å². The molecular formula is C44H29NO. The molecule has 0 bridgehead atoms. The molecular weight excluding hydrogens is 558 g/mol. The van der Waals surface area contributed by atoms with Gasteiger partial charge in [-0.15, -0.1) is 0 Å². The number of hydrogen-bond donors (Lipinski definition) is 0. The molecule has 1 aromatic heterocycles. The van der Waals surface area contributed by atoms with E-state index in [1.807, 2.05) is 18.2 Å². The van der Waals surface area contributed by atoms with Gasteiger partial charge in [-0.2, -0.15) is 0 Å². The van der Waals surface area contributed by atoms with Crippen molar-refractivity contribution in [3.8, 4) is 22.5 Å². The molecule has 0 N–H and O–H groups in total. The van der Waals surface area contributed by atoms with Gasteiger partial charge in [0.25, 0.3) is 0 Å². The highest BCUT2D eigenvalue weighted by molar-refractivity contribution is 6.09. The summed E-state index contributed by atoms with van der Waals surface area (Å²) in [6.07, 6.45) is 0. The highest BCUT2D eigenvalue weighted by Crippen LogP contribution is 2.42. The van der Waals surface area contributed by atoms with Crippen molar-refractivity contribution in [1.82, 2.24) is 0 Å². The van der Waals surface area contributed by atoms with Crippen molar-refractivity contribution in [2.75, 3.05) is 4.90 Å². The van der Waals surface area contributed by atoms with Gasteiger partial charge in [0, 0.05) is 27.7 Å². The molecule has 0 aliphatic rings. The van der Waals surface area contributed by atoms with Crippen LogP contribution in [0.25, 0.3) is 65.7 Å². The summed E-state index contributed by atoms with van der Waals surface area (Å²) in [7, 11) is 0. The topological polar surface area (TPSA) is 16.4 Å². The van der Waals surface area contributed by atoms with Crippen molar-refractivity contribution in [1.29, 1.82) is 0 Å². The first-order valence-corrected chi connectivity index (χ1v) is 15.7. The summed E-state index contributed by atoms with van der Waals surface area (Å²) in [5, 5.41) is 8.55. The lowest BCUT2D eigenvalue weighted by molar-refractivity contribution is 0.632. The maximum Gasteiger partial charge on any atom is 0.136 e. The van der Waals surface area contributed by atoms with Crippen LogP contribution in [0, 0.1) is 0 Å². The lowest BCUT2D eigenvalue weighted by atomic mass is 9.97. The zero-order valence-electron chi connectivity index (χ0n) is 25.1. The predicted molar refractivity (Wildman–Crippen MR) is 194 cm³/mol. The first-order chi connectivity index (χ1) is 22.8. The quantitative estimate of drug-likeness (QED) is 0.186. The van der Waals surface area contributed by atoms with Gasteiger partial charge in [0.05, 0.1) is 5.69 Å². The number of rotatable bonds is 5. The SMILES string of the molecule is c1ccc(-c2cc3ccccc3o2)c(-c2ccc(N(c3ccc4c(ccc5ccccc54)c3)c3cccc4ccccc34)cc2)c1. The fourth-order valence-corrected chi connectivity index (χ4v) is 6.82. The van der Waals surface area contributed by atoms with E-state index >= 15 is 0 Å². The number of hydrogen-bond acceptors (Lipinski definition) is 2. The molecule has 9 aromatic rings. The second-order valence-corrected chi connectivity index (χ2v) is 11.8. The fraction of sp³-hybridized carbons (Fsp3) is 0. The molecule has 9 rings (SSSR count). The lowest BCUT2D eigenvalue weighted by Crippen LogP contribution is -2.10. The van der Waals surface area contributed by atoms with Crippen molar-refractivity contribution in [3.63, 3.8) is 0 Å². The largest absolute Gasteiger partial charge is 0.456 e. The highest BCUT2D eigenvalue weighted by Gasteiger charge is 2.17. The van der Waals surface area contributed by atoms with Crippen molar-refractivity contribution in [3.05, 3.63) is 176 Å². The van der Waals surface area contributed by atoms with Crippen LogP contribution in [0.15, 0.2) is 180 Å². The number of furan rings is 1. The van der Waals surface area contributed by atoms with Crippen LogP contribution in [-0.2, 0) is 0 Å². The number of para-hydroxylation sites is 1. The first kappa shape index (κ1) is 26.3. The Kier molecular flexibility index (Phi) is 6.17. The van der Waals surface area contributed by atoms with Crippen molar-refractivity contribution in [2.45, 2.75) is 0 Å². The zero-order chi connectivity index (χ0) is 30.5. The Labute approximate surface area is 267 Å². The van der Waals surface area contributed by atoms with Crippen LogP contribution in [0.5, 0.6) is 0 Å². The molecule has 0 spiro atoms. The average molecular weight is 588 g/mol. The van der Waals surface area contributed by atoms with Crippen LogP contribution in [-0.4, -0.2) is 0 Å². The molecule has 0 radical (unpaired) electrons. The van der Waals surface area contributed by atoms with Crippen molar-refractivity contribution < 1.29 is 4.42 Å². The predicted octanol–water partition coefficient (Wildman–Crippen LogP) is 12.7. The van der Waals surface area contributed by atoms with Crippen LogP contribution in [0.2, 0.25) is 0 Å². The van der Waals surface area contributed by atoms with E-state index in [-0.39, 0.29) is 0 Å². The third-order valence-electron chi connectivity index (χ3n) is 9.05. The Bertz CT molecular complexity index is 2500. The molecule has 46 heavy (non-hydrogen) atoms. The van der Waals surface area contributed by atoms with E-state index in [9.17, 15) is 0 Å². The van der Waals surface area contributed by atoms with Gasteiger partial charge in [0.1, 0.15) is 11.3 Å². The Morgan fingerprint density at radius 2 is 0.978 bits per heavy atom. The third kappa shape index (κ3) is 4.43. The Balaban J connectivity index is 1.19. The molecule has 0 saturated carbocycles. The maximum atomic E-state index is 6.29. The summed E-state index contributed by atoms with van der Waals surface area (Å²) in [4.78, 5) is 2.38. The summed E-state index contributed by atoms with van der Waals surface area (Å²) in [5.74, 6) is 0.877. The van der Waals surface area contributed by atoms with Gasteiger partial charge in [0.2, 0.25) is 0 Å². The molecule has 0 unspecified atom stereocenters. The molecule has 8 aromatic carbocycles. The molecule has 0 saturated heterocycles. The first-order valence-electron chi connectivity index (χ1n) is 15.7. The summed E-state index contributed by atoms with van der Waals surface area (Å²) < 4.78 is 6.29. The minimum Gasteiger partial charge on any atom is -0.456 e. The highest BCUT2D eigenvalue weighted by atomic mass is 16.3. The molecule has 2 heteroatoms. The van der Waals surface area contributed by atoms with Gasteiger partial charge in [-0.25, -0.2) is 0 Å². The van der Waals surface area contributed by atoms with Gasteiger partial charge in [-0.1, -0.05) is 133 Å². The number of anilines is 3. The second kappa shape index (κ2) is 10.8. The number of nitrogens with zero attached hydrogens (tertiary/aromatic N) is 1. The average Bonchev–Trinajstić information content (AvgIpc) is 3.56. The van der Waals surface area contributed by atoms with Crippen LogP contribution < -0.4 is 4.90 Å². The number of fused-ring (bicyclic) bond motifs is 5. The van der Waals surface area contributed by atoms with Gasteiger partial charge < -0.3 is 9.32 Å². The maximum absolute atomic E-state index is 6.29. The second-order valence-electron chi connectivity index (χ2n) is 11.8. The Morgan fingerprint density at radius 3 is 1.80 bits per heavy atom. The molecule has 0 aliphatic heterocycles. The Morgan fingerprint density at radius 1 is 0.370 bits per heavy atom. The normalized spacial score (nSPS) is 11.5. The number of benzene rings is 8. The fourth-order valence-electron chi connectivity index (χ4n) is 6.82. The van der Waals surface area contributed by atoms with Crippen LogP contribution in [0.3, 0.4) is 0 Å². The summed E-state index contributed by atoms with van der Waals surface area (Å²) in [5.41, 5.74) is 7.63. The van der Waals surface area contributed by atoms with Gasteiger partial charge in [0.15, 0.2) is 0 Å². The van der Waals surface area contributed by atoms with E-state index in [0.717, 1.165) is 50.5 Å². The Hall–Kier alpha value is -6.12. The van der Waals surface area contributed by atoms with E-state index in [2.05, 4.69) is 163 Å². The third-order valence-corrected chi connectivity index (χ3v) is 9.05. The van der Waals surface area contributed by atoms with E-state index in [1.54, 1.807) is 0 Å². The van der Waals surface area contributed by atoms with Crippen LogP contribution in [0.1, 0.15) is 0 Å².